The summed E-state index contributed by atoms with van der Waals surface area (Å²) in [5.74, 6) is 0. The largest absolute Gasteiger partial charge is 0.383 e. The number of rotatable bonds is 9. The van der Waals surface area contributed by atoms with Crippen LogP contribution in [-0.2, 0) is 21.3 Å². The molecule has 8 nitrogen and oxygen atoms in total. The van der Waals surface area contributed by atoms with Crippen LogP contribution in [0.5, 0.6) is 0 Å². The van der Waals surface area contributed by atoms with Crippen LogP contribution in [0.4, 0.5) is 11.4 Å². The number of sulfonamides is 1. The lowest BCUT2D eigenvalue weighted by Gasteiger charge is -2.14. The summed E-state index contributed by atoms with van der Waals surface area (Å²) in [6.45, 7) is 4.18. The lowest BCUT2D eigenvalue weighted by molar-refractivity contribution is -0.384. The third-order valence-electron chi connectivity index (χ3n) is 3.98. The summed E-state index contributed by atoms with van der Waals surface area (Å²) >= 11 is 0. The van der Waals surface area contributed by atoms with Gasteiger partial charge in [0.15, 0.2) is 0 Å². The number of anilines is 1. The van der Waals surface area contributed by atoms with E-state index in [1.54, 1.807) is 6.92 Å². The van der Waals surface area contributed by atoms with Gasteiger partial charge >= 0.3 is 0 Å². The fourth-order valence-electron chi connectivity index (χ4n) is 2.59. The number of methoxy groups -OCH3 is 1. The molecule has 2 rings (SSSR count). The van der Waals surface area contributed by atoms with Crippen LogP contribution in [0.1, 0.15) is 18.1 Å². The Morgan fingerprint density at radius 1 is 1.22 bits per heavy atom. The highest BCUT2D eigenvalue weighted by atomic mass is 32.2. The zero-order valence-corrected chi connectivity index (χ0v) is 16.2. The van der Waals surface area contributed by atoms with E-state index in [1.807, 2.05) is 31.2 Å². The monoisotopic (exact) mass is 393 g/mol. The van der Waals surface area contributed by atoms with Crippen molar-refractivity contribution in [2.75, 3.05) is 19.0 Å². The molecule has 0 aliphatic rings. The Morgan fingerprint density at radius 2 is 1.93 bits per heavy atom. The van der Waals surface area contributed by atoms with Crippen molar-refractivity contribution in [1.29, 1.82) is 0 Å². The number of ether oxygens (including phenoxy) is 1. The Kier molecular flexibility index (Phi) is 6.89. The third-order valence-corrected chi connectivity index (χ3v) is 5.57. The summed E-state index contributed by atoms with van der Waals surface area (Å²) in [6, 6.07) is 11.0. The molecule has 1 atom stereocenters. The van der Waals surface area contributed by atoms with Gasteiger partial charge < -0.3 is 10.1 Å². The Labute approximate surface area is 158 Å². The standard InChI is InChI=1S/C18H23N3O5S/c1-13-6-4-5-7-15(13)11-19-17-9-8-16(10-18(17)21(22)23)27(24,25)20-14(2)12-26-3/h4-10,14,19-20H,11-12H2,1-3H3/t14-/m0/s1. The SMILES string of the molecule is COC[C@H](C)NS(=O)(=O)c1ccc(NCc2ccccc2C)c([N+](=O)[O-])c1. The molecule has 0 bridgehead atoms. The smallest absolute Gasteiger partial charge is 0.293 e. The van der Waals surface area contributed by atoms with Gasteiger partial charge in [0.05, 0.1) is 16.4 Å². The topological polar surface area (TPSA) is 111 Å². The van der Waals surface area contributed by atoms with Gasteiger partial charge in [0, 0.05) is 25.8 Å². The molecule has 2 aromatic carbocycles. The van der Waals surface area contributed by atoms with Gasteiger partial charge in [-0.2, -0.15) is 0 Å². The maximum atomic E-state index is 12.4. The molecule has 0 saturated carbocycles. The quantitative estimate of drug-likeness (QED) is 0.501. The maximum absolute atomic E-state index is 12.4. The first-order valence-corrected chi connectivity index (χ1v) is 9.81. The fourth-order valence-corrected chi connectivity index (χ4v) is 3.84. The fraction of sp³-hybridized carbons (Fsp3) is 0.333. The van der Waals surface area contributed by atoms with E-state index < -0.39 is 21.0 Å². The number of hydrogen-bond acceptors (Lipinski definition) is 6. The second kappa shape index (κ2) is 8.94. The molecule has 0 saturated heterocycles. The molecule has 0 aromatic heterocycles. The zero-order chi connectivity index (χ0) is 20.0. The van der Waals surface area contributed by atoms with Crippen molar-refractivity contribution in [2.45, 2.75) is 31.3 Å². The summed E-state index contributed by atoms with van der Waals surface area (Å²) < 4.78 is 32.2. The predicted molar refractivity (Wildman–Crippen MR) is 103 cm³/mol. The normalized spacial score (nSPS) is 12.6. The van der Waals surface area contributed by atoms with Crippen LogP contribution in [0.2, 0.25) is 0 Å². The first-order valence-electron chi connectivity index (χ1n) is 8.32. The summed E-state index contributed by atoms with van der Waals surface area (Å²) in [6.07, 6.45) is 0. The number of nitrogens with one attached hydrogen (secondary N) is 2. The number of nitrogens with zero attached hydrogens (tertiary/aromatic N) is 1. The molecule has 2 aromatic rings. The van der Waals surface area contributed by atoms with Gasteiger partial charge in [-0.1, -0.05) is 24.3 Å². The Hall–Kier alpha value is -2.49. The molecule has 0 unspecified atom stereocenters. The molecule has 0 radical (unpaired) electrons. The molecule has 9 heteroatoms. The minimum Gasteiger partial charge on any atom is -0.383 e. The lowest BCUT2D eigenvalue weighted by Crippen LogP contribution is -2.35. The Bertz CT molecular complexity index is 915. The van der Waals surface area contributed by atoms with E-state index in [2.05, 4.69) is 10.0 Å². The molecule has 146 valence electrons. The van der Waals surface area contributed by atoms with E-state index in [-0.39, 0.29) is 22.9 Å². The van der Waals surface area contributed by atoms with Crippen molar-refractivity contribution >= 4 is 21.4 Å². The second-order valence-corrected chi connectivity index (χ2v) is 7.91. The van der Waals surface area contributed by atoms with Crippen LogP contribution in [0.25, 0.3) is 0 Å². The van der Waals surface area contributed by atoms with E-state index in [4.69, 9.17) is 4.74 Å². The molecule has 0 aliphatic carbocycles. The number of hydrogen-bond donors (Lipinski definition) is 2. The van der Waals surface area contributed by atoms with Gasteiger partial charge in [-0.05, 0) is 37.1 Å². The number of nitro groups is 1. The number of nitro benzene ring substituents is 1. The van der Waals surface area contributed by atoms with E-state index in [9.17, 15) is 18.5 Å². The van der Waals surface area contributed by atoms with Crippen LogP contribution >= 0.6 is 0 Å². The van der Waals surface area contributed by atoms with Crippen molar-refractivity contribution in [1.82, 2.24) is 4.72 Å². The van der Waals surface area contributed by atoms with E-state index in [0.717, 1.165) is 17.2 Å². The first kappa shape index (κ1) is 20.8. The molecule has 0 heterocycles. The first-order chi connectivity index (χ1) is 12.7. The van der Waals surface area contributed by atoms with E-state index in [0.29, 0.717) is 6.54 Å². The number of benzene rings is 2. The van der Waals surface area contributed by atoms with Crippen LogP contribution in [-0.4, -0.2) is 33.1 Å². The van der Waals surface area contributed by atoms with Crippen molar-refractivity contribution in [3.05, 3.63) is 63.7 Å². The molecule has 27 heavy (non-hydrogen) atoms. The van der Waals surface area contributed by atoms with Gasteiger partial charge in [0.2, 0.25) is 10.0 Å². The molecular formula is C18H23N3O5S. The average molecular weight is 393 g/mol. The van der Waals surface area contributed by atoms with Crippen molar-refractivity contribution in [2.24, 2.45) is 0 Å². The Morgan fingerprint density at radius 3 is 2.56 bits per heavy atom. The molecule has 0 amide bonds. The molecule has 0 fully saturated rings. The summed E-state index contributed by atoms with van der Waals surface area (Å²) in [4.78, 5) is 10.7. The molecule has 0 aliphatic heterocycles. The van der Waals surface area contributed by atoms with Gasteiger partial charge in [-0.3, -0.25) is 10.1 Å². The predicted octanol–water partition coefficient (Wildman–Crippen LogP) is 2.83. The summed E-state index contributed by atoms with van der Waals surface area (Å²) in [5.41, 5.74) is 2.01. The van der Waals surface area contributed by atoms with Gasteiger partial charge in [-0.15, -0.1) is 0 Å². The minimum absolute atomic E-state index is 0.168. The molecule has 0 spiro atoms. The second-order valence-electron chi connectivity index (χ2n) is 6.19. The molecule has 2 N–H and O–H groups in total. The average Bonchev–Trinajstić information content (AvgIpc) is 2.60. The lowest BCUT2D eigenvalue weighted by atomic mass is 10.1. The highest BCUT2D eigenvalue weighted by molar-refractivity contribution is 7.89. The van der Waals surface area contributed by atoms with Gasteiger partial charge in [0.1, 0.15) is 5.69 Å². The van der Waals surface area contributed by atoms with Crippen LogP contribution in [0.3, 0.4) is 0 Å². The van der Waals surface area contributed by atoms with E-state index in [1.165, 1.54) is 19.2 Å². The van der Waals surface area contributed by atoms with Crippen LogP contribution in [0.15, 0.2) is 47.4 Å². The van der Waals surface area contributed by atoms with Crippen LogP contribution in [0, 0.1) is 17.0 Å². The van der Waals surface area contributed by atoms with Crippen molar-refractivity contribution in [3.8, 4) is 0 Å². The zero-order valence-electron chi connectivity index (χ0n) is 15.4. The minimum atomic E-state index is -3.89. The third kappa shape index (κ3) is 5.49. The van der Waals surface area contributed by atoms with Gasteiger partial charge in [0.25, 0.3) is 5.69 Å². The summed E-state index contributed by atoms with van der Waals surface area (Å²) in [7, 11) is -2.43. The highest BCUT2D eigenvalue weighted by Gasteiger charge is 2.23. The maximum Gasteiger partial charge on any atom is 0.293 e. The van der Waals surface area contributed by atoms with Crippen molar-refractivity contribution < 1.29 is 18.1 Å². The molecular weight excluding hydrogens is 370 g/mol. The Balaban J connectivity index is 2.26. The summed E-state index contributed by atoms with van der Waals surface area (Å²) in [5, 5.41) is 14.4. The highest BCUT2D eigenvalue weighted by Crippen LogP contribution is 2.28. The van der Waals surface area contributed by atoms with E-state index >= 15 is 0 Å². The van der Waals surface area contributed by atoms with Crippen LogP contribution < -0.4 is 10.0 Å². The number of aryl methyl sites for hydroxylation is 1. The van der Waals surface area contributed by atoms with Gasteiger partial charge in [-0.25, -0.2) is 13.1 Å². The van der Waals surface area contributed by atoms with Crippen molar-refractivity contribution in [3.63, 3.8) is 0 Å².